The van der Waals surface area contributed by atoms with Crippen LogP contribution in [0.5, 0.6) is 5.75 Å². The van der Waals surface area contributed by atoms with Gasteiger partial charge in [0.25, 0.3) is 11.8 Å². The molecule has 258 valence electrons. The van der Waals surface area contributed by atoms with Crippen LogP contribution >= 0.6 is 11.3 Å². The van der Waals surface area contributed by atoms with Crippen LogP contribution in [0.4, 0.5) is 14.7 Å². The molecular formula is C23H26N10O13S2. The number of amides is 7. The number of likely N-dealkylation sites (tertiary alicyclic amines) is 1. The fourth-order valence-corrected chi connectivity index (χ4v) is 6.07. The number of hydrogen-bond acceptors (Lipinski definition) is 16. The Kier molecular flexibility index (Phi) is 10.0. The van der Waals surface area contributed by atoms with Crippen molar-refractivity contribution in [1.82, 2.24) is 39.6 Å². The Hall–Kier alpha value is -5.98. The SMILES string of the molecule is C[C@H]1[C@H](NC(=O)/C(=N\OCC(=O)O)c2csc(N)n2)C(=O)N1C(=O)NS(=O)(=O)N1C[C@@H](NC(=O)NCc2cc(=O)c(O)cn2O)CC1=O. The molecule has 0 bridgehead atoms. The summed E-state index contributed by atoms with van der Waals surface area (Å²) >= 11 is 0.927. The number of nitrogen functional groups attached to an aromatic ring is 1. The molecule has 0 aromatic carbocycles. The standard InChI is InChI=1S/C23H26N10O13S2/c1-9-17(28-19(39)18(29-46-7-16(37)38)12-8-47-21(24)27-12)20(40)33(9)23(42)30-48(44,45)32-5-10(2-15(32)36)26-22(41)25-4-11-3-13(34)14(35)6-31(11)43/h3,6,8-10,17,35,43H,2,4-5,7H2,1H3,(H2,24,27)(H,28,39)(H,30,42)(H,37,38)(H2,25,26,41)/b29-18-/t9-,10-,17-/m0/s1. The zero-order valence-electron chi connectivity index (χ0n) is 24.3. The van der Waals surface area contributed by atoms with Gasteiger partial charge >= 0.3 is 28.2 Å². The zero-order valence-corrected chi connectivity index (χ0v) is 26.0. The number of nitrogens with two attached hydrogens (primary N) is 1. The third kappa shape index (κ3) is 7.69. The summed E-state index contributed by atoms with van der Waals surface area (Å²) in [6.45, 7) is -0.609. The zero-order chi connectivity index (χ0) is 35.5. The van der Waals surface area contributed by atoms with Gasteiger partial charge in [-0.2, -0.15) is 13.1 Å². The molecule has 0 spiro atoms. The summed E-state index contributed by atoms with van der Waals surface area (Å²) in [5.41, 5.74) is 4.00. The average Bonchev–Trinajstić information content (AvgIpc) is 3.59. The largest absolute Gasteiger partial charge is 0.503 e. The van der Waals surface area contributed by atoms with Crippen LogP contribution in [0, 0.1) is 0 Å². The summed E-state index contributed by atoms with van der Waals surface area (Å²) in [5.74, 6) is -5.23. The number of carbonyl (C=O) groups excluding carboxylic acids is 5. The highest BCUT2D eigenvalue weighted by atomic mass is 32.2. The van der Waals surface area contributed by atoms with Crippen molar-refractivity contribution in [3.05, 3.63) is 39.3 Å². The number of anilines is 1. The number of urea groups is 2. The van der Waals surface area contributed by atoms with Crippen LogP contribution in [0.25, 0.3) is 0 Å². The van der Waals surface area contributed by atoms with Gasteiger partial charge in [0, 0.05) is 17.9 Å². The molecule has 7 amide bonds. The van der Waals surface area contributed by atoms with Crippen LogP contribution in [-0.4, -0.2) is 115 Å². The maximum Gasteiger partial charge on any atom is 0.344 e. The number of carboxylic acid groups (broad SMARTS) is 1. The topological polar surface area (TPSA) is 334 Å². The number of pyridine rings is 1. The van der Waals surface area contributed by atoms with Crippen molar-refractivity contribution in [2.24, 2.45) is 5.16 Å². The first-order valence-corrected chi connectivity index (χ1v) is 15.6. The van der Waals surface area contributed by atoms with Crippen LogP contribution < -0.4 is 31.8 Å². The van der Waals surface area contributed by atoms with Crippen molar-refractivity contribution in [3.63, 3.8) is 0 Å². The number of carboxylic acids is 1. The van der Waals surface area contributed by atoms with Gasteiger partial charge in [0.1, 0.15) is 11.7 Å². The highest BCUT2D eigenvalue weighted by molar-refractivity contribution is 7.88. The fraction of sp³-hybridized carbons (Fsp3) is 0.348. The fourth-order valence-electron chi connectivity index (χ4n) is 4.37. The van der Waals surface area contributed by atoms with Gasteiger partial charge in [-0.15, -0.1) is 11.3 Å². The van der Waals surface area contributed by atoms with E-state index >= 15 is 0 Å². The van der Waals surface area contributed by atoms with Crippen LogP contribution in [0.3, 0.4) is 0 Å². The number of aromatic hydroxyl groups is 1. The number of aliphatic carboxylic acids is 1. The highest BCUT2D eigenvalue weighted by Crippen LogP contribution is 2.22. The second-order valence-electron chi connectivity index (χ2n) is 10.0. The number of β-lactam (4-membered cyclic amide) rings is 1. The Morgan fingerprint density at radius 3 is 2.54 bits per heavy atom. The van der Waals surface area contributed by atoms with Crippen molar-refractivity contribution < 1.29 is 57.4 Å². The Bertz CT molecular complexity index is 1870. The molecule has 4 heterocycles. The van der Waals surface area contributed by atoms with Gasteiger partial charge in [0.2, 0.25) is 17.9 Å². The first-order chi connectivity index (χ1) is 22.5. The summed E-state index contributed by atoms with van der Waals surface area (Å²) in [7, 11) is -4.89. The first kappa shape index (κ1) is 34.9. The van der Waals surface area contributed by atoms with Gasteiger partial charge in [0.05, 0.1) is 37.1 Å². The molecule has 48 heavy (non-hydrogen) atoms. The molecule has 2 aromatic rings. The van der Waals surface area contributed by atoms with Gasteiger partial charge in [-0.1, -0.05) is 5.16 Å². The van der Waals surface area contributed by atoms with Gasteiger partial charge in [-0.25, -0.2) is 28.4 Å². The number of aromatic nitrogens is 2. The van der Waals surface area contributed by atoms with Gasteiger partial charge < -0.3 is 41.9 Å². The van der Waals surface area contributed by atoms with Gasteiger partial charge in [-0.3, -0.25) is 24.1 Å². The minimum absolute atomic E-state index is 0.0357. The molecule has 2 aliphatic rings. The molecule has 0 unspecified atom stereocenters. The Labute approximate surface area is 272 Å². The third-order valence-corrected chi connectivity index (χ3v) is 8.71. The lowest BCUT2D eigenvalue weighted by Crippen LogP contribution is -2.73. The van der Waals surface area contributed by atoms with E-state index in [0.29, 0.717) is 15.8 Å². The number of rotatable bonds is 11. The second kappa shape index (κ2) is 13.8. The minimum Gasteiger partial charge on any atom is -0.503 e. The number of nitrogens with one attached hydrogen (secondary N) is 4. The number of nitrogens with zero attached hydrogens (tertiary/aromatic N) is 5. The maximum atomic E-state index is 12.9. The summed E-state index contributed by atoms with van der Waals surface area (Å²) in [5, 5.41) is 39.5. The summed E-state index contributed by atoms with van der Waals surface area (Å²) < 4.78 is 28.0. The molecular weight excluding hydrogens is 688 g/mol. The van der Waals surface area contributed by atoms with Crippen LogP contribution in [0.15, 0.2) is 27.6 Å². The third-order valence-electron chi connectivity index (χ3n) is 6.67. The summed E-state index contributed by atoms with van der Waals surface area (Å²) in [6.07, 6.45) is 0.216. The Morgan fingerprint density at radius 2 is 1.92 bits per heavy atom. The maximum absolute atomic E-state index is 12.9. The molecule has 2 saturated heterocycles. The van der Waals surface area contributed by atoms with E-state index in [1.54, 1.807) is 4.72 Å². The molecule has 3 atom stereocenters. The lowest BCUT2D eigenvalue weighted by atomic mass is 9.97. The van der Waals surface area contributed by atoms with E-state index in [-0.39, 0.29) is 20.8 Å². The van der Waals surface area contributed by atoms with Crippen molar-refractivity contribution in [1.29, 1.82) is 0 Å². The number of imide groups is 1. The number of carbonyl (C=O) groups is 6. The molecule has 0 saturated carbocycles. The minimum atomic E-state index is -4.89. The predicted octanol–water partition coefficient (Wildman–Crippen LogP) is -3.59. The van der Waals surface area contributed by atoms with Crippen molar-refractivity contribution in [2.45, 2.75) is 38.0 Å². The molecule has 0 radical (unpaired) electrons. The van der Waals surface area contributed by atoms with Crippen molar-refractivity contribution in [3.8, 4) is 5.75 Å². The van der Waals surface area contributed by atoms with Gasteiger partial charge in [0.15, 0.2) is 16.6 Å². The normalized spacial score (nSPS) is 19.4. The van der Waals surface area contributed by atoms with Crippen LogP contribution in [0.2, 0.25) is 0 Å². The van der Waals surface area contributed by atoms with E-state index in [9.17, 15) is 52.3 Å². The molecule has 4 rings (SSSR count). The van der Waals surface area contributed by atoms with Gasteiger partial charge in [-0.05, 0) is 6.92 Å². The van der Waals surface area contributed by atoms with Crippen LogP contribution in [0.1, 0.15) is 24.7 Å². The van der Waals surface area contributed by atoms with Crippen molar-refractivity contribution >= 4 is 68.1 Å². The first-order valence-electron chi connectivity index (χ1n) is 13.3. The molecule has 2 aliphatic heterocycles. The molecule has 2 aromatic heterocycles. The van der Waals surface area contributed by atoms with E-state index in [2.05, 4.69) is 30.9 Å². The smallest absolute Gasteiger partial charge is 0.344 e. The molecule has 0 aliphatic carbocycles. The molecule has 25 heteroatoms. The van der Waals surface area contributed by atoms with E-state index in [1.165, 1.54) is 12.3 Å². The lowest BCUT2D eigenvalue weighted by Gasteiger charge is -2.43. The average molecular weight is 715 g/mol. The summed E-state index contributed by atoms with van der Waals surface area (Å²) in [6, 6.07) is -5.05. The quantitative estimate of drug-likeness (QED) is 0.0482. The molecule has 2 fully saturated rings. The lowest BCUT2D eigenvalue weighted by molar-refractivity contribution is -0.146. The molecule has 9 N–H and O–H groups in total. The van der Waals surface area contributed by atoms with E-state index < -0.39 is 107 Å². The Morgan fingerprint density at radius 1 is 1.21 bits per heavy atom. The number of oxime groups is 1. The van der Waals surface area contributed by atoms with E-state index in [1.807, 2.05) is 0 Å². The number of hydrogen-bond donors (Lipinski definition) is 8. The van der Waals surface area contributed by atoms with Crippen LogP contribution in [-0.2, 0) is 40.8 Å². The second-order valence-corrected chi connectivity index (χ2v) is 12.5. The monoisotopic (exact) mass is 714 g/mol. The highest BCUT2D eigenvalue weighted by Gasteiger charge is 2.51. The van der Waals surface area contributed by atoms with E-state index in [0.717, 1.165) is 17.4 Å². The number of thiazole rings is 1. The summed E-state index contributed by atoms with van der Waals surface area (Å²) in [4.78, 5) is 94.4. The van der Waals surface area contributed by atoms with E-state index in [4.69, 9.17) is 10.8 Å². The predicted molar refractivity (Wildman–Crippen MR) is 157 cm³/mol. The Balaban J connectivity index is 1.32. The van der Waals surface area contributed by atoms with Crippen molar-refractivity contribution in [2.75, 3.05) is 18.9 Å². The molecule has 23 nitrogen and oxygen atoms in total.